The molecule has 3 heteroatoms. The van der Waals surface area contributed by atoms with Crippen molar-refractivity contribution in [3.63, 3.8) is 0 Å². The van der Waals surface area contributed by atoms with Crippen molar-refractivity contribution < 1.29 is 4.74 Å². The molecular weight excluding hydrogens is 200 g/mol. The maximum absolute atomic E-state index is 5.81. The molecule has 0 aromatic heterocycles. The van der Waals surface area contributed by atoms with Gasteiger partial charge in [-0.3, -0.25) is 4.90 Å². The maximum Gasteiger partial charge on any atom is 0.0622 e. The summed E-state index contributed by atoms with van der Waals surface area (Å²) in [6.45, 7) is 3.92. The highest BCUT2D eigenvalue weighted by atomic mass is 16.5. The number of anilines is 1. The standard InChI is InChI=1S/C13H18N2O/c14-12-4-3-10-7-15(8-11(10)6-12)13-2-1-5-16-9-13/h3-4,6,13H,1-2,5,7-9,14H2. The third-order valence-corrected chi connectivity index (χ3v) is 3.63. The van der Waals surface area contributed by atoms with Crippen LogP contribution in [0.5, 0.6) is 0 Å². The first kappa shape index (κ1) is 10.1. The van der Waals surface area contributed by atoms with E-state index in [1.54, 1.807) is 0 Å². The largest absolute Gasteiger partial charge is 0.399 e. The third kappa shape index (κ3) is 1.81. The Hall–Kier alpha value is -1.06. The molecule has 0 spiro atoms. The van der Waals surface area contributed by atoms with Crippen molar-refractivity contribution in [3.8, 4) is 0 Å². The van der Waals surface area contributed by atoms with Crippen LogP contribution in [-0.4, -0.2) is 24.2 Å². The molecule has 2 aliphatic heterocycles. The SMILES string of the molecule is Nc1ccc2c(c1)CN(C1CCCOC1)C2. The molecule has 0 bridgehead atoms. The Morgan fingerprint density at radius 1 is 1.25 bits per heavy atom. The van der Waals surface area contributed by atoms with Crippen molar-refractivity contribution in [1.82, 2.24) is 4.90 Å². The zero-order chi connectivity index (χ0) is 11.0. The van der Waals surface area contributed by atoms with Gasteiger partial charge in [0.15, 0.2) is 0 Å². The van der Waals surface area contributed by atoms with Gasteiger partial charge >= 0.3 is 0 Å². The fourth-order valence-electron chi connectivity index (χ4n) is 2.71. The van der Waals surface area contributed by atoms with E-state index in [2.05, 4.69) is 17.0 Å². The van der Waals surface area contributed by atoms with E-state index in [0.29, 0.717) is 6.04 Å². The van der Waals surface area contributed by atoms with Crippen LogP contribution in [0.3, 0.4) is 0 Å². The van der Waals surface area contributed by atoms with E-state index in [1.807, 2.05) is 6.07 Å². The highest BCUT2D eigenvalue weighted by Crippen LogP contribution is 2.28. The summed E-state index contributed by atoms with van der Waals surface area (Å²) < 4.78 is 5.55. The van der Waals surface area contributed by atoms with Crippen molar-refractivity contribution in [2.24, 2.45) is 0 Å². The Labute approximate surface area is 96.2 Å². The second-order valence-corrected chi connectivity index (χ2v) is 4.80. The van der Waals surface area contributed by atoms with Crippen molar-refractivity contribution in [3.05, 3.63) is 29.3 Å². The van der Waals surface area contributed by atoms with Gasteiger partial charge in [-0.1, -0.05) is 6.07 Å². The van der Waals surface area contributed by atoms with Crippen LogP contribution in [0.25, 0.3) is 0 Å². The van der Waals surface area contributed by atoms with Crippen LogP contribution in [0.15, 0.2) is 18.2 Å². The smallest absolute Gasteiger partial charge is 0.0622 e. The summed E-state index contributed by atoms with van der Waals surface area (Å²) in [6, 6.07) is 6.87. The lowest BCUT2D eigenvalue weighted by molar-refractivity contribution is 0.0162. The average molecular weight is 218 g/mol. The quantitative estimate of drug-likeness (QED) is 0.730. The molecular formula is C13H18N2O. The van der Waals surface area contributed by atoms with Crippen LogP contribution >= 0.6 is 0 Å². The second-order valence-electron chi connectivity index (χ2n) is 4.80. The molecule has 3 rings (SSSR count). The average Bonchev–Trinajstić information content (AvgIpc) is 2.73. The van der Waals surface area contributed by atoms with E-state index in [0.717, 1.165) is 32.0 Å². The van der Waals surface area contributed by atoms with Gasteiger partial charge in [0.25, 0.3) is 0 Å². The van der Waals surface area contributed by atoms with Crippen LogP contribution in [0, 0.1) is 0 Å². The summed E-state index contributed by atoms with van der Waals surface area (Å²) in [5.74, 6) is 0. The molecule has 0 aliphatic carbocycles. The molecule has 2 N–H and O–H groups in total. The van der Waals surface area contributed by atoms with Crippen molar-refractivity contribution in [1.29, 1.82) is 0 Å². The van der Waals surface area contributed by atoms with Crippen LogP contribution in [0.1, 0.15) is 24.0 Å². The topological polar surface area (TPSA) is 38.5 Å². The molecule has 1 atom stereocenters. The molecule has 0 radical (unpaired) electrons. The van der Waals surface area contributed by atoms with Gasteiger partial charge < -0.3 is 10.5 Å². The predicted molar refractivity (Wildman–Crippen MR) is 63.9 cm³/mol. The minimum absolute atomic E-state index is 0.599. The normalized spacial score (nSPS) is 25.6. The first-order valence-corrected chi connectivity index (χ1v) is 6.02. The van der Waals surface area contributed by atoms with Gasteiger partial charge in [-0.05, 0) is 36.1 Å². The van der Waals surface area contributed by atoms with Crippen molar-refractivity contribution >= 4 is 5.69 Å². The van der Waals surface area contributed by atoms with Crippen LogP contribution in [0.2, 0.25) is 0 Å². The van der Waals surface area contributed by atoms with Gasteiger partial charge in [-0.2, -0.15) is 0 Å². The number of ether oxygens (including phenoxy) is 1. The van der Waals surface area contributed by atoms with Gasteiger partial charge in [-0.15, -0.1) is 0 Å². The highest BCUT2D eigenvalue weighted by Gasteiger charge is 2.27. The van der Waals surface area contributed by atoms with Gasteiger partial charge in [0.1, 0.15) is 0 Å². The molecule has 0 saturated carbocycles. The summed E-state index contributed by atoms with van der Waals surface area (Å²) in [5, 5.41) is 0. The Kier molecular flexibility index (Phi) is 2.58. The number of nitrogens with zero attached hydrogens (tertiary/aromatic N) is 1. The molecule has 2 heterocycles. The summed E-state index contributed by atoms with van der Waals surface area (Å²) in [4.78, 5) is 2.52. The van der Waals surface area contributed by atoms with Crippen molar-refractivity contribution in [2.75, 3.05) is 18.9 Å². The molecule has 1 saturated heterocycles. The van der Waals surface area contributed by atoms with E-state index >= 15 is 0 Å². The van der Waals surface area contributed by atoms with Crippen LogP contribution in [0.4, 0.5) is 5.69 Å². The zero-order valence-corrected chi connectivity index (χ0v) is 9.48. The number of rotatable bonds is 1. The van der Waals surface area contributed by atoms with Gasteiger partial charge in [-0.25, -0.2) is 0 Å². The summed E-state index contributed by atoms with van der Waals surface area (Å²) in [6.07, 6.45) is 2.46. The first-order valence-electron chi connectivity index (χ1n) is 6.02. The number of hydrogen-bond donors (Lipinski definition) is 1. The highest BCUT2D eigenvalue weighted by molar-refractivity contribution is 5.46. The zero-order valence-electron chi connectivity index (χ0n) is 9.48. The van der Waals surface area contributed by atoms with E-state index in [-0.39, 0.29) is 0 Å². The van der Waals surface area contributed by atoms with Gasteiger partial charge in [0, 0.05) is 31.4 Å². The third-order valence-electron chi connectivity index (χ3n) is 3.63. The molecule has 1 aromatic carbocycles. The summed E-state index contributed by atoms with van der Waals surface area (Å²) >= 11 is 0. The minimum Gasteiger partial charge on any atom is -0.399 e. The molecule has 86 valence electrons. The second kappa shape index (κ2) is 4.07. The number of nitrogens with two attached hydrogens (primary N) is 1. The Balaban J connectivity index is 1.74. The molecule has 0 amide bonds. The molecule has 1 aromatic rings. The van der Waals surface area contributed by atoms with Gasteiger partial charge in [0.05, 0.1) is 6.61 Å². The number of benzene rings is 1. The number of fused-ring (bicyclic) bond motifs is 1. The van der Waals surface area contributed by atoms with Crippen LogP contribution < -0.4 is 5.73 Å². The number of hydrogen-bond acceptors (Lipinski definition) is 3. The molecule has 1 fully saturated rings. The molecule has 1 unspecified atom stereocenters. The van der Waals surface area contributed by atoms with Crippen molar-refractivity contribution in [2.45, 2.75) is 32.0 Å². The lowest BCUT2D eigenvalue weighted by Gasteiger charge is -2.30. The lowest BCUT2D eigenvalue weighted by atomic mass is 10.1. The molecule has 16 heavy (non-hydrogen) atoms. The summed E-state index contributed by atoms with van der Waals surface area (Å²) in [7, 11) is 0. The number of nitrogen functional groups attached to an aromatic ring is 1. The fraction of sp³-hybridized carbons (Fsp3) is 0.538. The van der Waals surface area contributed by atoms with E-state index < -0.39 is 0 Å². The van der Waals surface area contributed by atoms with Gasteiger partial charge in [0.2, 0.25) is 0 Å². The maximum atomic E-state index is 5.81. The summed E-state index contributed by atoms with van der Waals surface area (Å²) in [5.41, 5.74) is 9.51. The Morgan fingerprint density at radius 3 is 2.94 bits per heavy atom. The Bertz CT molecular complexity index is 386. The van der Waals surface area contributed by atoms with E-state index in [9.17, 15) is 0 Å². The fourth-order valence-corrected chi connectivity index (χ4v) is 2.71. The first-order chi connectivity index (χ1) is 7.83. The monoisotopic (exact) mass is 218 g/mol. The van der Waals surface area contributed by atoms with E-state index in [4.69, 9.17) is 10.5 Å². The predicted octanol–water partition coefficient (Wildman–Crippen LogP) is 1.76. The van der Waals surface area contributed by atoms with E-state index in [1.165, 1.54) is 24.0 Å². The molecule has 2 aliphatic rings. The molecule has 3 nitrogen and oxygen atoms in total. The minimum atomic E-state index is 0.599. The Morgan fingerprint density at radius 2 is 2.12 bits per heavy atom. The van der Waals surface area contributed by atoms with Crippen LogP contribution in [-0.2, 0) is 17.8 Å². The lowest BCUT2D eigenvalue weighted by Crippen LogP contribution is -2.37.